The third kappa shape index (κ3) is 2.75. The van der Waals surface area contributed by atoms with Crippen LogP contribution < -0.4 is 5.32 Å². The lowest BCUT2D eigenvalue weighted by molar-refractivity contribution is 0.0949. The first-order valence-electron chi connectivity index (χ1n) is 6.47. The lowest BCUT2D eigenvalue weighted by Gasteiger charge is -2.02. The molecule has 0 atom stereocenters. The summed E-state index contributed by atoms with van der Waals surface area (Å²) in [5, 5.41) is 8.68. The number of furan rings is 1. The molecule has 6 heteroatoms. The smallest absolute Gasteiger partial charge is 0.257 e. The Morgan fingerprint density at radius 1 is 1.43 bits per heavy atom. The van der Waals surface area contributed by atoms with Crippen molar-refractivity contribution in [1.82, 2.24) is 10.5 Å². The van der Waals surface area contributed by atoms with Gasteiger partial charge in [-0.05, 0) is 32.0 Å². The highest BCUT2D eigenvalue weighted by atomic mass is 32.1. The fraction of sp³-hybridized carbons (Fsp3) is 0.200. The molecule has 0 fully saturated rings. The summed E-state index contributed by atoms with van der Waals surface area (Å²) in [6.45, 7) is 3.95. The van der Waals surface area contributed by atoms with Crippen LogP contribution in [0.3, 0.4) is 0 Å². The van der Waals surface area contributed by atoms with Crippen molar-refractivity contribution >= 4 is 17.2 Å². The second-order valence-electron chi connectivity index (χ2n) is 4.66. The lowest BCUT2D eigenvalue weighted by atomic mass is 10.2. The van der Waals surface area contributed by atoms with Gasteiger partial charge in [0.1, 0.15) is 17.1 Å². The molecule has 0 spiro atoms. The summed E-state index contributed by atoms with van der Waals surface area (Å²) in [5.41, 5.74) is 2.14. The molecule has 0 bridgehead atoms. The number of hydrogen-bond acceptors (Lipinski definition) is 5. The fourth-order valence-corrected chi connectivity index (χ4v) is 2.92. The minimum Gasteiger partial charge on any atom is -0.464 e. The van der Waals surface area contributed by atoms with Gasteiger partial charge in [0, 0.05) is 15.8 Å². The number of carbonyl (C=O) groups is 1. The van der Waals surface area contributed by atoms with E-state index in [4.69, 9.17) is 8.94 Å². The molecule has 1 N–H and O–H groups in total. The predicted molar refractivity (Wildman–Crippen MR) is 79.2 cm³/mol. The van der Waals surface area contributed by atoms with Crippen LogP contribution in [0.2, 0.25) is 0 Å². The molecular formula is C15H14N2O3S. The quantitative estimate of drug-likeness (QED) is 0.800. The van der Waals surface area contributed by atoms with E-state index in [9.17, 15) is 4.79 Å². The van der Waals surface area contributed by atoms with E-state index >= 15 is 0 Å². The minimum atomic E-state index is -0.167. The monoisotopic (exact) mass is 302 g/mol. The van der Waals surface area contributed by atoms with Crippen LogP contribution in [-0.4, -0.2) is 11.1 Å². The van der Waals surface area contributed by atoms with Crippen LogP contribution in [0.25, 0.3) is 11.3 Å². The maximum Gasteiger partial charge on any atom is 0.257 e. The molecule has 0 aliphatic heterocycles. The standard InChI is InChI=1S/C15H14N2O3S/c1-9-14(10(2)20-17-9)15(18)16-7-12-6-11(8-21-12)13-4-3-5-19-13/h3-6,8H,7H2,1-2H3,(H,16,18). The summed E-state index contributed by atoms with van der Waals surface area (Å²) >= 11 is 1.58. The third-order valence-electron chi connectivity index (χ3n) is 3.14. The van der Waals surface area contributed by atoms with Crippen molar-refractivity contribution in [3.05, 3.63) is 51.7 Å². The molecule has 0 saturated carbocycles. The number of carbonyl (C=O) groups excluding carboxylic acids is 1. The van der Waals surface area contributed by atoms with Crippen LogP contribution in [0.4, 0.5) is 0 Å². The van der Waals surface area contributed by atoms with E-state index in [2.05, 4.69) is 10.5 Å². The van der Waals surface area contributed by atoms with Gasteiger partial charge < -0.3 is 14.3 Å². The van der Waals surface area contributed by atoms with Crippen LogP contribution >= 0.6 is 11.3 Å². The molecule has 1 amide bonds. The van der Waals surface area contributed by atoms with Crippen LogP contribution in [0.1, 0.15) is 26.7 Å². The first-order chi connectivity index (χ1) is 10.1. The van der Waals surface area contributed by atoms with Gasteiger partial charge in [-0.25, -0.2) is 0 Å². The van der Waals surface area contributed by atoms with Gasteiger partial charge in [0.25, 0.3) is 5.91 Å². The molecule has 5 nitrogen and oxygen atoms in total. The number of hydrogen-bond donors (Lipinski definition) is 1. The molecular weight excluding hydrogens is 288 g/mol. The summed E-state index contributed by atoms with van der Waals surface area (Å²) in [6, 6.07) is 5.78. The zero-order valence-corrected chi connectivity index (χ0v) is 12.5. The molecule has 0 saturated heterocycles. The molecule has 0 aliphatic carbocycles. The number of thiophene rings is 1. The maximum absolute atomic E-state index is 12.1. The molecule has 0 aliphatic rings. The van der Waals surface area contributed by atoms with Crippen molar-refractivity contribution in [3.63, 3.8) is 0 Å². The first-order valence-corrected chi connectivity index (χ1v) is 7.35. The van der Waals surface area contributed by atoms with Crippen molar-refractivity contribution in [2.75, 3.05) is 0 Å². The van der Waals surface area contributed by atoms with Gasteiger partial charge >= 0.3 is 0 Å². The van der Waals surface area contributed by atoms with Gasteiger partial charge in [-0.1, -0.05) is 5.16 Å². The summed E-state index contributed by atoms with van der Waals surface area (Å²) in [4.78, 5) is 13.2. The number of aromatic nitrogens is 1. The Morgan fingerprint density at radius 3 is 2.95 bits per heavy atom. The summed E-state index contributed by atoms with van der Waals surface area (Å²) in [5.74, 6) is 1.20. The first kappa shape index (κ1) is 13.6. The highest BCUT2D eigenvalue weighted by molar-refractivity contribution is 7.10. The minimum absolute atomic E-state index is 0.167. The second kappa shape index (κ2) is 5.57. The second-order valence-corrected chi connectivity index (χ2v) is 5.66. The highest BCUT2D eigenvalue weighted by Crippen LogP contribution is 2.26. The predicted octanol–water partition coefficient (Wildman–Crippen LogP) is 3.54. The molecule has 3 rings (SSSR count). The van der Waals surface area contributed by atoms with E-state index in [1.807, 2.05) is 23.6 Å². The Kier molecular flexibility index (Phi) is 3.62. The normalized spacial score (nSPS) is 10.8. The molecule has 108 valence electrons. The van der Waals surface area contributed by atoms with E-state index in [1.54, 1.807) is 31.4 Å². The van der Waals surface area contributed by atoms with E-state index < -0.39 is 0 Å². The Morgan fingerprint density at radius 2 is 2.29 bits per heavy atom. The van der Waals surface area contributed by atoms with Gasteiger partial charge in [0.15, 0.2) is 0 Å². The van der Waals surface area contributed by atoms with E-state index in [0.717, 1.165) is 16.2 Å². The molecule has 3 aromatic heterocycles. The Bertz CT molecular complexity index is 736. The Hall–Kier alpha value is -2.34. The third-order valence-corrected chi connectivity index (χ3v) is 4.08. The summed E-state index contributed by atoms with van der Waals surface area (Å²) < 4.78 is 10.3. The van der Waals surface area contributed by atoms with E-state index in [1.165, 1.54) is 0 Å². The van der Waals surface area contributed by atoms with Crippen LogP contribution in [0.5, 0.6) is 0 Å². The number of aryl methyl sites for hydroxylation is 2. The molecule has 21 heavy (non-hydrogen) atoms. The van der Waals surface area contributed by atoms with Crippen LogP contribution in [-0.2, 0) is 6.54 Å². The zero-order valence-electron chi connectivity index (χ0n) is 11.7. The van der Waals surface area contributed by atoms with Crippen molar-refractivity contribution in [1.29, 1.82) is 0 Å². The number of nitrogens with zero attached hydrogens (tertiary/aromatic N) is 1. The number of nitrogens with one attached hydrogen (secondary N) is 1. The highest BCUT2D eigenvalue weighted by Gasteiger charge is 2.17. The largest absolute Gasteiger partial charge is 0.464 e. The van der Waals surface area contributed by atoms with E-state index in [0.29, 0.717) is 23.6 Å². The van der Waals surface area contributed by atoms with E-state index in [-0.39, 0.29) is 5.91 Å². The van der Waals surface area contributed by atoms with Gasteiger partial charge in [-0.15, -0.1) is 11.3 Å². The van der Waals surface area contributed by atoms with Gasteiger partial charge in [-0.3, -0.25) is 4.79 Å². The van der Waals surface area contributed by atoms with Crippen molar-refractivity contribution in [2.24, 2.45) is 0 Å². The molecule has 0 unspecified atom stereocenters. The van der Waals surface area contributed by atoms with Gasteiger partial charge in [0.05, 0.1) is 18.5 Å². The number of rotatable bonds is 4. The topological polar surface area (TPSA) is 68.3 Å². The molecule has 3 heterocycles. The SMILES string of the molecule is Cc1noc(C)c1C(=O)NCc1cc(-c2ccco2)cs1. The average Bonchev–Trinajstić information content (AvgIpc) is 3.17. The van der Waals surface area contributed by atoms with Gasteiger partial charge in [0.2, 0.25) is 0 Å². The fourth-order valence-electron chi connectivity index (χ4n) is 2.11. The Balaban J connectivity index is 1.67. The van der Waals surface area contributed by atoms with Crippen LogP contribution in [0.15, 0.2) is 38.8 Å². The molecule has 0 radical (unpaired) electrons. The van der Waals surface area contributed by atoms with Crippen molar-refractivity contribution in [2.45, 2.75) is 20.4 Å². The zero-order chi connectivity index (χ0) is 14.8. The summed E-state index contributed by atoms with van der Waals surface area (Å²) in [6.07, 6.45) is 1.64. The maximum atomic E-state index is 12.1. The van der Waals surface area contributed by atoms with Crippen molar-refractivity contribution < 1.29 is 13.7 Å². The lowest BCUT2D eigenvalue weighted by Crippen LogP contribution is -2.23. The van der Waals surface area contributed by atoms with Crippen molar-refractivity contribution in [3.8, 4) is 11.3 Å². The number of amides is 1. The van der Waals surface area contributed by atoms with Crippen LogP contribution in [0, 0.1) is 13.8 Å². The molecule has 0 aromatic carbocycles. The average molecular weight is 302 g/mol. The Labute approximate surface area is 125 Å². The molecule has 3 aromatic rings. The van der Waals surface area contributed by atoms with Gasteiger partial charge in [-0.2, -0.15) is 0 Å². The summed E-state index contributed by atoms with van der Waals surface area (Å²) in [7, 11) is 0.